The Morgan fingerprint density at radius 2 is 1.78 bits per heavy atom. The van der Waals surface area contributed by atoms with Gasteiger partial charge in [-0.15, -0.1) is 0 Å². The zero-order chi connectivity index (χ0) is 25.9. The number of carbonyl (C=O) groups is 1. The number of hydrogen-bond acceptors (Lipinski definition) is 5. The van der Waals surface area contributed by atoms with Gasteiger partial charge in [0.2, 0.25) is 11.8 Å². The number of carbonyl (C=O) groups excluding carboxylic acids is 1. The van der Waals surface area contributed by atoms with Crippen LogP contribution < -0.4 is 10.6 Å². The van der Waals surface area contributed by atoms with Gasteiger partial charge in [0, 0.05) is 22.3 Å². The molecule has 3 aromatic carbocycles. The summed E-state index contributed by atoms with van der Waals surface area (Å²) in [4.78, 5) is 16.9. The zero-order valence-corrected chi connectivity index (χ0v) is 21.7. The summed E-state index contributed by atoms with van der Waals surface area (Å²) in [6.07, 6.45) is 2.91. The Morgan fingerprint density at radius 1 is 0.973 bits per heavy atom. The van der Waals surface area contributed by atoms with Gasteiger partial charge in [0.05, 0.1) is 10.6 Å². The molecule has 0 unspecified atom stereocenters. The molecule has 5 rings (SSSR count). The van der Waals surface area contributed by atoms with Crippen molar-refractivity contribution >= 4 is 69.3 Å². The molecule has 6 nitrogen and oxygen atoms in total. The lowest BCUT2D eigenvalue weighted by Gasteiger charge is -2.07. The molecule has 2 heterocycles. The summed E-state index contributed by atoms with van der Waals surface area (Å²) in [6, 6.07) is 21.9. The summed E-state index contributed by atoms with van der Waals surface area (Å²) in [6.45, 7) is 1.97. The molecule has 1 amide bonds. The highest BCUT2D eigenvalue weighted by molar-refractivity contribution is 7.80. The summed E-state index contributed by atoms with van der Waals surface area (Å²) >= 11 is 17.6. The Hall–Kier alpha value is -3.91. The number of furan rings is 1. The van der Waals surface area contributed by atoms with E-state index >= 15 is 0 Å². The van der Waals surface area contributed by atoms with Crippen LogP contribution in [0.2, 0.25) is 10.0 Å². The van der Waals surface area contributed by atoms with Gasteiger partial charge in [-0.2, -0.15) is 0 Å². The maximum atomic E-state index is 12.3. The number of rotatable bonds is 5. The van der Waals surface area contributed by atoms with E-state index in [0.717, 1.165) is 11.1 Å². The molecule has 0 atom stereocenters. The number of anilines is 1. The lowest BCUT2D eigenvalue weighted by Crippen LogP contribution is -2.32. The van der Waals surface area contributed by atoms with E-state index in [0.29, 0.717) is 49.8 Å². The van der Waals surface area contributed by atoms with E-state index in [-0.39, 0.29) is 5.11 Å². The summed E-state index contributed by atoms with van der Waals surface area (Å²) in [5.74, 6) is 1.22. The molecule has 0 saturated heterocycles. The van der Waals surface area contributed by atoms with Gasteiger partial charge in [-0.3, -0.25) is 10.1 Å². The summed E-state index contributed by atoms with van der Waals surface area (Å²) in [7, 11) is 0. The molecule has 0 radical (unpaired) electrons. The molecule has 0 fully saturated rings. The first kappa shape index (κ1) is 24.8. The van der Waals surface area contributed by atoms with Crippen LogP contribution in [-0.4, -0.2) is 16.0 Å². The molecule has 0 spiro atoms. The van der Waals surface area contributed by atoms with E-state index < -0.39 is 5.91 Å². The third kappa shape index (κ3) is 5.91. The maximum Gasteiger partial charge on any atom is 0.250 e. The van der Waals surface area contributed by atoms with E-state index in [1.54, 1.807) is 42.5 Å². The molecule has 5 aromatic rings. The summed E-state index contributed by atoms with van der Waals surface area (Å²) < 4.78 is 11.6. The van der Waals surface area contributed by atoms with Gasteiger partial charge in [-0.05, 0) is 97.5 Å². The Bertz CT molecular complexity index is 1660. The van der Waals surface area contributed by atoms with Crippen LogP contribution >= 0.6 is 35.4 Å². The van der Waals surface area contributed by atoms with Crippen LogP contribution in [0.5, 0.6) is 0 Å². The number of oxazole rings is 1. The van der Waals surface area contributed by atoms with Crippen molar-refractivity contribution in [1.29, 1.82) is 0 Å². The normalized spacial score (nSPS) is 11.2. The van der Waals surface area contributed by atoms with E-state index in [2.05, 4.69) is 15.6 Å². The van der Waals surface area contributed by atoms with Gasteiger partial charge in [0.15, 0.2) is 10.7 Å². The number of nitrogens with one attached hydrogen (secondary N) is 2. The number of halogens is 2. The van der Waals surface area contributed by atoms with Gasteiger partial charge in [0.1, 0.15) is 17.0 Å². The average Bonchev–Trinajstić information content (AvgIpc) is 3.50. The fourth-order valence-corrected chi connectivity index (χ4v) is 4.26. The number of benzene rings is 3. The van der Waals surface area contributed by atoms with Crippen molar-refractivity contribution in [2.75, 3.05) is 5.32 Å². The van der Waals surface area contributed by atoms with E-state index in [4.69, 9.17) is 44.3 Å². The molecule has 0 aliphatic rings. The molecular weight excluding hydrogens is 529 g/mol. The summed E-state index contributed by atoms with van der Waals surface area (Å²) in [5, 5.41) is 6.95. The van der Waals surface area contributed by atoms with Crippen molar-refractivity contribution in [2.45, 2.75) is 6.92 Å². The number of aromatic nitrogens is 1. The van der Waals surface area contributed by atoms with Crippen molar-refractivity contribution in [3.05, 3.63) is 100 Å². The first-order valence-corrected chi connectivity index (χ1v) is 12.3. The van der Waals surface area contributed by atoms with Gasteiger partial charge >= 0.3 is 0 Å². The van der Waals surface area contributed by atoms with Crippen molar-refractivity contribution < 1.29 is 13.6 Å². The van der Waals surface area contributed by atoms with Crippen LogP contribution in [-0.2, 0) is 4.79 Å². The summed E-state index contributed by atoms with van der Waals surface area (Å²) in [5.41, 5.74) is 4.52. The van der Waals surface area contributed by atoms with Crippen LogP contribution in [0.4, 0.5) is 5.69 Å². The first-order chi connectivity index (χ1) is 17.8. The molecule has 0 saturated carbocycles. The quantitative estimate of drug-likeness (QED) is 0.172. The monoisotopic (exact) mass is 547 g/mol. The van der Waals surface area contributed by atoms with Crippen molar-refractivity contribution in [2.24, 2.45) is 0 Å². The fourth-order valence-electron chi connectivity index (χ4n) is 3.60. The van der Waals surface area contributed by atoms with Crippen molar-refractivity contribution in [3.8, 4) is 22.8 Å². The largest absolute Gasteiger partial charge is 0.457 e. The van der Waals surface area contributed by atoms with Crippen LogP contribution in [0, 0.1) is 6.92 Å². The Morgan fingerprint density at radius 3 is 2.57 bits per heavy atom. The number of aryl methyl sites for hydroxylation is 1. The molecular formula is C28H19Cl2N3O3S. The first-order valence-electron chi connectivity index (χ1n) is 11.2. The molecule has 0 aliphatic heterocycles. The van der Waals surface area contributed by atoms with Crippen LogP contribution in [0.1, 0.15) is 11.3 Å². The molecule has 9 heteroatoms. The predicted octanol–water partition coefficient (Wildman–Crippen LogP) is 7.90. The van der Waals surface area contributed by atoms with E-state index in [1.165, 1.54) is 6.08 Å². The Kier molecular flexibility index (Phi) is 7.10. The molecule has 184 valence electrons. The highest BCUT2D eigenvalue weighted by atomic mass is 35.5. The lowest BCUT2D eigenvalue weighted by atomic mass is 10.1. The number of thiocarbonyl (C=S) groups is 1. The predicted molar refractivity (Wildman–Crippen MR) is 152 cm³/mol. The zero-order valence-electron chi connectivity index (χ0n) is 19.4. The van der Waals surface area contributed by atoms with Crippen molar-refractivity contribution in [3.63, 3.8) is 0 Å². The Balaban J connectivity index is 1.21. The van der Waals surface area contributed by atoms with E-state index in [9.17, 15) is 4.79 Å². The lowest BCUT2D eigenvalue weighted by molar-refractivity contribution is -0.115. The average molecular weight is 548 g/mol. The minimum absolute atomic E-state index is 0.139. The topological polar surface area (TPSA) is 80.3 Å². The maximum absolute atomic E-state index is 12.3. The third-order valence-corrected chi connectivity index (χ3v) is 6.16. The molecule has 37 heavy (non-hydrogen) atoms. The Labute approximate surface area is 227 Å². The minimum Gasteiger partial charge on any atom is -0.457 e. The molecule has 2 N–H and O–H groups in total. The van der Waals surface area contributed by atoms with Gasteiger partial charge in [-0.25, -0.2) is 4.98 Å². The minimum atomic E-state index is -0.402. The molecule has 0 bridgehead atoms. The third-order valence-electron chi connectivity index (χ3n) is 5.39. The number of amides is 1. The van der Waals surface area contributed by atoms with Crippen molar-refractivity contribution in [1.82, 2.24) is 10.3 Å². The van der Waals surface area contributed by atoms with Gasteiger partial charge in [-0.1, -0.05) is 29.3 Å². The smallest absolute Gasteiger partial charge is 0.250 e. The number of hydrogen-bond donors (Lipinski definition) is 2. The molecule has 2 aromatic heterocycles. The van der Waals surface area contributed by atoms with Crippen LogP contribution in [0.25, 0.3) is 40.0 Å². The molecule has 0 aliphatic carbocycles. The second-order valence-corrected chi connectivity index (χ2v) is 9.42. The second-order valence-electron chi connectivity index (χ2n) is 8.17. The van der Waals surface area contributed by atoms with Crippen LogP contribution in [0.15, 0.2) is 87.7 Å². The van der Waals surface area contributed by atoms with Crippen LogP contribution in [0.3, 0.4) is 0 Å². The second kappa shape index (κ2) is 10.6. The number of nitrogens with zero attached hydrogens (tertiary/aromatic N) is 1. The highest BCUT2D eigenvalue weighted by Gasteiger charge is 2.13. The standard InChI is InChI=1S/C28H19Cl2N3O3S/c1-16-2-10-21(22(30)14-16)27-32-23-15-19(7-11-25(23)36-27)31-28(37)33-26(34)13-9-20-8-12-24(35-20)17-3-5-18(29)6-4-17/h2-15H,1H3,(H2,31,33,34,37). The fraction of sp³-hybridized carbons (Fsp3) is 0.0357. The SMILES string of the molecule is Cc1ccc(-c2nc3cc(NC(=S)NC(=O)C=Cc4ccc(-c5ccc(Cl)cc5)o4)ccc3o2)c(Cl)c1. The number of fused-ring (bicyclic) bond motifs is 1. The van der Waals surface area contributed by atoms with Gasteiger partial charge in [0.25, 0.3) is 0 Å². The van der Waals surface area contributed by atoms with E-state index in [1.807, 2.05) is 43.3 Å². The van der Waals surface area contributed by atoms with Gasteiger partial charge < -0.3 is 14.2 Å². The highest BCUT2D eigenvalue weighted by Crippen LogP contribution is 2.31.